The molecule has 20 nitrogen and oxygen atoms in total. The number of aliphatic hydroxyl groups is 2. The van der Waals surface area contributed by atoms with Crippen molar-refractivity contribution in [1.82, 2.24) is 14.8 Å². The van der Waals surface area contributed by atoms with Crippen molar-refractivity contribution in [1.29, 1.82) is 0 Å². The third-order valence-corrected chi connectivity index (χ3v) is 18.9. The highest BCUT2D eigenvalue weighted by molar-refractivity contribution is 14.1. The number of methoxy groups -OCH3 is 1. The Morgan fingerprint density at radius 1 is 0.900 bits per heavy atom. The molecule has 9 atom stereocenters. The summed E-state index contributed by atoms with van der Waals surface area (Å²) in [5, 5.41) is 67.7. The molecule has 0 radical (unpaired) electrons. The van der Waals surface area contributed by atoms with Gasteiger partial charge in [0, 0.05) is 111 Å². The summed E-state index contributed by atoms with van der Waals surface area (Å²) in [7, 11) is 3.42. The van der Waals surface area contributed by atoms with Crippen LogP contribution in [0.15, 0.2) is 82.1 Å². The van der Waals surface area contributed by atoms with Crippen LogP contribution in [0.2, 0.25) is 0 Å². The normalized spacial score (nSPS) is 25.0. The number of carbonyl (C=O) groups excluding carboxylic acids is 4. The zero-order chi connectivity index (χ0) is 66.1. The molecule has 0 aliphatic carbocycles. The van der Waals surface area contributed by atoms with E-state index in [1.807, 2.05) is 43.4 Å². The number of anilines is 1. The number of Topliss-reactive ketones (excluding diaryl/α,β-unsaturated/α-hetero) is 1. The number of nitrogens with zero attached hydrogens (tertiary/aromatic N) is 4. The first kappa shape index (κ1) is 71.2. The monoisotopic (exact) mass is 1470 g/mol. The van der Waals surface area contributed by atoms with Crippen LogP contribution in [-0.2, 0) is 30.2 Å². The Balaban J connectivity index is 0.000000311. The van der Waals surface area contributed by atoms with Gasteiger partial charge >= 0.3 is 11.8 Å². The lowest BCUT2D eigenvalue weighted by molar-refractivity contribution is -0.160. The predicted octanol–water partition coefficient (Wildman–Crippen LogP) is 11.3. The number of amides is 1. The number of phenolic OH excluding ortho intramolecular Hbond substituents is 3. The average molecular weight is 1470 g/mol. The molecule has 5 heterocycles. The number of ketones is 2. The van der Waals surface area contributed by atoms with E-state index in [-0.39, 0.29) is 50.3 Å². The molecule has 1 aromatic heterocycles. The van der Waals surface area contributed by atoms with Crippen molar-refractivity contribution in [3.8, 4) is 28.7 Å². The molecule has 5 aromatic rings. The van der Waals surface area contributed by atoms with Crippen molar-refractivity contribution in [3.63, 3.8) is 0 Å². The van der Waals surface area contributed by atoms with Gasteiger partial charge in [0.25, 0.3) is 11.7 Å². The summed E-state index contributed by atoms with van der Waals surface area (Å²) in [6.07, 6.45) is 7.68. The highest BCUT2D eigenvalue weighted by Crippen LogP contribution is 2.55. The molecule has 488 valence electrons. The number of piperazine rings is 1. The number of aryl methyl sites for hydroxylation is 1. The number of phenols is 3. The van der Waals surface area contributed by atoms with Crippen LogP contribution >= 0.6 is 45.2 Å². The van der Waals surface area contributed by atoms with Gasteiger partial charge in [-0.3, -0.25) is 24.2 Å². The van der Waals surface area contributed by atoms with E-state index >= 15 is 0 Å². The number of halogens is 2. The summed E-state index contributed by atoms with van der Waals surface area (Å²) in [5.41, 5.74) is 1.80. The summed E-state index contributed by atoms with van der Waals surface area (Å²) in [5.74, 6) is -6.68. The van der Waals surface area contributed by atoms with Crippen molar-refractivity contribution in [2.45, 2.75) is 126 Å². The number of aliphatic hydroxyl groups excluding tert-OH is 2. The molecule has 0 unspecified atom stereocenters. The first-order chi connectivity index (χ1) is 42.7. The number of likely N-dealkylation sites (N-methyl/N-ethyl adjacent to an activating group) is 2. The number of hydrogen-bond acceptors (Lipinski definition) is 19. The Morgan fingerprint density at radius 2 is 1.57 bits per heavy atom. The van der Waals surface area contributed by atoms with Crippen LogP contribution in [-0.4, -0.2) is 167 Å². The molecule has 9 rings (SSSR count). The first-order valence-electron chi connectivity index (χ1n) is 30.7. The van der Waals surface area contributed by atoms with E-state index in [9.17, 15) is 44.7 Å². The largest absolute Gasteiger partial charge is 0.507 e. The van der Waals surface area contributed by atoms with E-state index in [1.54, 1.807) is 44.9 Å². The number of furan rings is 1. The number of hydrazone groups is 1. The molecule has 6 N–H and O–H groups in total. The molecule has 4 aromatic carbocycles. The van der Waals surface area contributed by atoms with Crippen molar-refractivity contribution >= 4 is 102 Å². The molecule has 0 saturated carbocycles. The number of esters is 1. The van der Waals surface area contributed by atoms with E-state index < -0.39 is 88.8 Å². The van der Waals surface area contributed by atoms with E-state index in [2.05, 4.69) is 86.2 Å². The van der Waals surface area contributed by atoms with Crippen LogP contribution < -0.4 is 14.8 Å². The quantitative estimate of drug-likeness (QED) is 0.0142. The van der Waals surface area contributed by atoms with Crippen LogP contribution in [0.3, 0.4) is 0 Å². The Bertz CT molecular complexity index is 3530. The fourth-order valence-electron chi connectivity index (χ4n) is 11.6. The molecule has 4 aliphatic rings. The predicted molar refractivity (Wildman–Crippen MR) is 364 cm³/mol. The van der Waals surface area contributed by atoms with Gasteiger partial charge in [0.2, 0.25) is 0 Å². The number of allylic oxidation sites excluding steroid dienone is 2. The molecule has 1 fully saturated rings. The van der Waals surface area contributed by atoms with Gasteiger partial charge in [0.05, 0.1) is 65.7 Å². The topological polar surface area (TPSA) is 263 Å². The number of hydrogen-bond donors (Lipinski definition) is 6. The van der Waals surface area contributed by atoms with Gasteiger partial charge in [0.1, 0.15) is 47.1 Å². The molecule has 4 aliphatic heterocycles. The highest BCUT2D eigenvalue weighted by Gasteiger charge is 2.50. The first-order valence-corrected chi connectivity index (χ1v) is 32.8. The Morgan fingerprint density at radius 3 is 2.20 bits per heavy atom. The average Bonchev–Trinajstić information content (AvgIpc) is 1.43. The zero-order valence-corrected chi connectivity index (χ0v) is 58.0. The fourth-order valence-corrected chi connectivity index (χ4v) is 13.7. The van der Waals surface area contributed by atoms with Crippen molar-refractivity contribution in [2.75, 3.05) is 71.9 Å². The lowest BCUT2D eigenvalue weighted by Crippen LogP contribution is -2.46. The SMILES string of the molecule is CCCCc1oc2ccccc2c1C(=O)c1cc(I)c(OCCN(CC)CC)c(I)c1.CO[C@H]1/C=C/O[C@@]2(C)Oc3c(C)c(O)c4c(O)c(c(/C=N/N5CCN(C)CC5)c(O)c4c3C2=O)NC(=O)/C(C)=C\C=C\[C@H](C)[C@H](O)[C@@H](C)[C@@H](O)[C@@H](C)[C@H](OC(C)=O)[C@@H]1C. The lowest BCUT2D eigenvalue weighted by atomic mass is 9.78. The van der Waals surface area contributed by atoms with Crippen LogP contribution in [0.5, 0.6) is 28.7 Å². The number of rotatable bonds is 15. The molecule has 1 amide bonds. The minimum atomic E-state index is -2.04. The summed E-state index contributed by atoms with van der Waals surface area (Å²) >= 11 is 4.54. The summed E-state index contributed by atoms with van der Waals surface area (Å²) in [6.45, 7) is 25.1. The highest BCUT2D eigenvalue weighted by atomic mass is 127. The van der Waals surface area contributed by atoms with Crippen molar-refractivity contribution in [3.05, 3.63) is 113 Å². The van der Waals surface area contributed by atoms with Crippen LogP contribution in [0.25, 0.3) is 21.7 Å². The van der Waals surface area contributed by atoms with Crippen LogP contribution in [0, 0.1) is 37.7 Å². The van der Waals surface area contributed by atoms with Gasteiger partial charge in [-0.1, -0.05) is 91.3 Å². The molecule has 5 bridgehead atoms. The Hall–Kier alpha value is -6.29. The van der Waals surface area contributed by atoms with Crippen molar-refractivity contribution in [2.24, 2.45) is 28.8 Å². The molecular weight excluding hydrogens is 1380 g/mol. The van der Waals surface area contributed by atoms with Gasteiger partial charge < -0.3 is 68.8 Å². The number of benzene rings is 4. The third-order valence-electron chi connectivity index (χ3n) is 17.3. The smallest absolute Gasteiger partial charge is 0.312 e. The number of ether oxygens (including phenoxy) is 5. The minimum absolute atomic E-state index is 0.0153. The number of unbranched alkanes of at least 4 members (excludes halogenated alkanes) is 1. The van der Waals surface area contributed by atoms with E-state index in [0.29, 0.717) is 30.8 Å². The second-order valence-corrected chi connectivity index (χ2v) is 25.9. The van der Waals surface area contributed by atoms with Gasteiger partial charge in [-0.15, -0.1) is 0 Å². The summed E-state index contributed by atoms with van der Waals surface area (Å²) in [4.78, 5) is 58.5. The maximum Gasteiger partial charge on any atom is 0.312 e. The lowest BCUT2D eigenvalue weighted by Gasteiger charge is -2.38. The van der Waals surface area contributed by atoms with Crippen LogP contribution in [0.1, 0.15) is 125 Å². The van der Waals surface area contributed by atoms with E-state index in [1.165, 1.54) is 59.4 Å². The maximum absolute atomic E-state index is 14.4. The van der Waals surface area contributed by atoms with Crippen molar-refractivity contribution < 1.29 is 72.8 Å². The molecule has 1 saturated heterocycles. The number of para-hydroxylation sites is 1. The summed E-state index contributed by atoms with van der Waals surface area (Å²) in [6, 6.07) is 11.7. The molecule has 0 spiro atoms. The maximum atomic E-state index is 14.4. The van der Waals surface area contributed by atoms with Gasteiger partial charge in [-0.25, -0.2) is 0 Å². The number of fused-ring (bicyclic) bond motifs is 15. The molecule has 22 heteroatoms. The molecular formula is C68H87I2N5O15. The number of aromatic hydroxyl groups is 3. The number of nitrogens with one attached hydrogen (secondary N) is 1. The minimum Gasteiger partial charge on any atom is -0.507 e. The second kappa shape index (κ2) is 31.4. The summed E-state index contributed by atoms with van der Waals surface area (Å²) < 4.78 is 37.7. The van der Waals surface area contributed by atoms with Gasteiger partial charge in [0.15, 0.2) is 11.5 Å². The van der Waals surface area contributed by atoms with E-state index in [0.717, 1.165) is 81.6 Å². The Kier molecular flexibility index (Phi) is 24.8. The third kappa shape index (κ3) is 15.8. The van der Waals surface area contributed by atoms with Crippen LogP contribution in [0.4, 0.5) is 5.69 Å². The standard InChI is InChI=1S/C43H58N4O12.C25H29I2NO3/c1-21-12-11-13-22(2)42(55)45-33-28(20-44-47-17-15-46(9)16-18-47)37(52)30-31(38(33)53)36(51)26(6)40-32(30)41(54)43(8,59-40)57-19-14-29(56-10)23(3)39(58-27(7)48)25(5)35(50)24(4)34(21)49;1-4-7-11-22-23(18-10-8-9-12-21(18)31-22)24(29)17-15-19(26)25(20(27)16-17)30-14-13-28(5-2)6-3/h11-14,19-21,23-25,29,34-35,39,49-53H,15-18H2,1-10H3,(H,45,55);8-10,12,15-16H,4-7,11,13-14H2,1-3H3/b12-11+,19-14+,22-13-,44-20+;/t21-,23+,24+,25+,29-,34-,35+,39+,43-;/m0./s1. The van der Waals surface area contributed by atoms with Gasteiger partial charge in [-0.05, 0) is 110 Å². The Labute approximate surface area is 554 Å². The van der Waals surface area contributed by atoms with Gasteiger partial charge in [-0.2, -0.15) is 5.10 Å². The van der Waals surface area contributed by atoms with E-state index in [4.69, 9.17) is 28.1 Å². The second-order valence-electron chi connectivity index (χ2n) is 23.6. The number of carbonyl (C=O) groups is 4. The zero-order valence-electron chi connectivity index (χ0n) is 53.7. The fraction of sp³-hybridized carbons (Fsp3) is 0.485. The molecule has 90 heavy (non-hydrogen) atoms.